The van der Waals surface area contributed by atoms with Gasteiger partial charge in [-0.15, -0.1) is 24.8 Å². The molecule has 0 radical (unpaired) electrons. The molecule has 1 amide bonds. The Balaban J connectivity index is 0.000000902. The zero-order valence-electron chi connectivity index (χ0n) is 10.8. The van der Waals surface area contributed by atoms with Gasteiger partial charge >= 0.3 is 0 Å². The summed E-state index contributed by atoms with van der Waals surface area (Å²) in [7, 11) is 0. The van der Waals surface area contributed by atoms with E-state index in [0.29, 0.717) is 17.4 Å². The molecule has 1 N–H and O–H groups in total. The summed E-state index contributed by atoms with van der Waals surface area (Å²) < 4.78 is 0. The molecule has 1 aromatic rings. The number of carbonyl (C=O) groups is 1. The van der Waals surface area contributed by atoms with Crippen LogP contribution in [0.4, 0.5) is 0 Å². The van der Waals surface area contributed by atoms with Gasteiger partial charge in [-0.05, 0) is 30.9 Å². The summed E-state index contributed by atoms with van der Waals surface area (Å²) in [6.45, 7) is 5.83. The quantitative estimate of drug-likeness (QED) is 0.856. The zero-order chi connectivity index (χ0) is 11.8. The van der Waals surface area contributed by atoms with E-state index in [1.165, 1.54) is 0 Å². The Labute approximate surface area is 125 Å². The smallest absolute Gasteiger partial charge is 0.255 e. The third-order valence-electron chi connectivity index (χ3n) is 3.84. The number of carbonyl (C=O) groups excluding carboxylic acids is 1. The van der Waals surface area contributed by atoms with Crippen LogP contribution in [0.5, 0.6) is 0 Å². The highest BCUT2D eigenvalue weighted by molar-refractivity contribution is 5.94. The molecule has 2 saturated heterocycles. The molecule has 106 valence electrons. The molecule has 3 heterocycles. The van der Waals surface area contributed by atoms with Gasteiger partial charge in [-0.2, -0.15) is 0 Å². The topological polar surface area (TPSA) is 45.2 Å². The number of fused-ring (bicyclic) bond motifs is 1. The fourth-order valence-corrected chi connectivity index (χ4v) is 2.80. The first-order chi connectivity index (χ1) is 8.24. The van der Waals surface area contributed by atoms with E-state index < -0.39 is 0 Å². The standard InChI is InChI=1S/C13H17N3O.2ClH/c1-9-2-3-10(6-15-9)13(17)16-7-11-4-14-5-12(11)8-16;;/h2-3,6,11-12,14H,4-5,7-8H2,1H3;2*1H/t11-,12+;;. The number of hydrogen-bond donors (Lipinski definition) is 1. The minimum absolute atomic E-state index is 0. The molecule has 2 atom stereocenters. The van der Waals surface area contributed by atoms with Crippen molar-refractivity contribution in [1.29, 1.82) is 0 Å². The number of pyridine rings is 1. The van der Waals surface area contributed by atoms with Crippen molar-refractivity contribution >= 4 is 30.7 Å². The lowest BCUT2D eigenvalue weighted by Gasteiger charge is -2.17. The fourth-order valence-electron chi connectivity index (χ4n) is 2.80. The first-order valence-electron chi connectivity index (χ1n) is 6.16. The van der Waals surface area contributed by atoms with Crippen molar-refractivity contribution < 1.29 is 4.79 Å². The van der Waals surface area contributed by atoms with Crippen LogP contribution < -0.4 is 5.32 Å². The van der Waals surface area contributed by atoms with Gasteiger partial charge in [0.2, 0.25) is 0 Å². The Hall–Kier alpha value is -0.840. The molecule has 1 aromatic heterocycles. The van der Waals surface area contributed by atoms with Gasteiger partial charge < -0.3 is 10.2 Å². The molecule has 0 aromatic carbocycles. The maximum absolute atomic E-state index is 12.3. The van der Waals surface area contributed by atoms with Gasteiger partial charge in [0.1, 0.15) is 0 Å². The Morgan fingerprint density at radius 2 is 1.89 bits per heavy atom. The first-order valence-corrected chi connectivity index (χ1v) is 6.16. The first kappa shape index (κ1) is 16.2. The fraction of sp³-hybridized carbons (Fsp3) is 0.538. The van der Waals surface area contributed by atoms with Gasteiger partial charge in [-0.3, -0.25) is 9.78 Å². The Bertz CT molecular complexity index is 426. The van der Waals surface area contributed by atoms with Crippen LogP contribution in [0.3, 0.4) is 0 Å². The average molecular weight is 304 g/mol. The van der Waals surface area contributed by atoms with Crippen molar-refractivity contribution in [3.63, 3.8) is 0 Å². The van der Waals surface area contributed by atoms with Crippen molar-refractivity contribution in [1.82, 2.24) is 15.2 Å². The second-order valence-electron chi connectivity index (χ2n) is 5.08. The van der Waals surface area contributed by atoms with Crippen LogP contribution in [0.25, 0.3) is 0 Å². The van der Waals surface area contributed by atoms with Crippen LogP contribution in [-0.4, -0.2) is 42.0 Å². The Morgan fingerprint density at radius 3 is 2.42 bits per heavy atom. The third kappa shape index (κ3) is 3.19. The van der Waals surface area contributed by atoms with E-state index in [9.17, 15) is 4.79 Å². The van der Waals surface area contributed by atoms with Gasteiger partial charge in [0.15, 0.2) is 0 Å². The van der Waals surface area contributed by atoms with Gasteiger partial charge in [0.25, 0.3) is 5.91 Å². The summed E-state index contributed by atoms with van der Waals surface area (Å²) >= 11 is 0. The van der Waals surface area contributed by atoms with E-state index in [1.807, 2.05) is 24.0 Å². The number of hydrogen-bond acceptors (Lipinski definition) is 3. The lowest BCUT2D eigenvalue weighted by Crippen LogP contribution is -2.31. The summed E-state index contributed by atoms with van der Waals surface area (Å²) in [4.78, 5) is 18.4. The van der Waals surface area contributed by atoms with Crippen LogP contribution in [0, 0.1) is 18.8 Å². The molecule has 0 bridgehead atoms. The molecule has 0 unspecified atom stereocenters. The molecule has 0 saturated carbocycles. The van der Waals surface area contributed by atoms with Crippen LogP contribution in [0.2, 0.25) is 0 Å². The SMILES string of the molecule is Cc1ccc(C(=O)N2C[C@H]3CNC[C@H]3C2)cn1.Cl.Cl. The average Bonchev–Trinajstić information content (AvgIpc) is 2.89. The number of likely N-dealkylation sites (tertiary alicyclic amines) is 1. The number of aromatic nitrogens is 1. The largest absolute Gasteiger partial charge is 0.338 e. The maximum atomic E-state index is 12.3. The molecule has 3 rings (SSSR count). The van der Waals surface area contributed by atoms with Gasteiger partial charge in [-0.25, -0.2) is 0 Å². The Morgan fingerprint density at radius 1 is 1.26 bits per heavy atom. The van der Waals surface area contributed by atoms with E-state index in [2.05, 4.69) is 10.3 Å². The number of amides is 1. The highest BCUT2D eigenvalue weighted by Gasteiger charge is 2.38. The molecular formula is C13H19Cl2N3O. The lowest BCUT2D eigenvalue weighted by molar-refractivity contribution is 0.0781. The van der Waals surface area contributed by atoms with Crippen LogP contribution in [0.1, 0.15) is 16.1 Å². The van der Waals surface area contributed by atoms with E-state index in [0.717, 1.165) is 31.9 Å². The molecule has 0 aliphatic carbocycles. The van der Waals surface area contributed by atoms with Crippen molar-refractivity contribution in [2.75, 3.05) is 26.2 Å². The van der Waals surface area contributed by atoms with Gasteiger partial charge in [0.05, 0.1) is 5.56 Å². The molecule has 2 aliphatic rings. The minimum Gasteiger partial charge on any atom is -0.338 e. The summed E-state index contributed by atoms with van der Waals surface area (Å²) in [5.74, 6) is 1.43. The van der Waals surface area contributed by atoms with E-state index in [-0.39, 0.29) is 30.7 Å². The van der Waals surface area contributed by atoms with E-state index in [4.69, 9.17) is 0 Å². The summed E-state index contributed by atoms with van der Waals surface area (Å²) in [5.41, 5.74) is 1.66. The zero-order valence-corrected chi connectivity index (χ0v) is 12.5. The highest BCUT2D eigenvalue weighted by atomic mass is 35.5. The molecule has 2 aliphatic heterocycles. The Kier molecular flexibility index (Phi) is 5.59. The second kappa shape index (κ2) is 6.55. The van der Waals surface area contributed by atoms with E-state index in [1.54, 1.807) is 6.20 Å². The van der Waals surface area contributed by atoms with Crippen LogP contribution in [-0.2, 0) is 0 Å². The van der Waals surface area contributed by atoms with Crippen molar-refractivity contribution in [3.8, 4) is 0 Å². The third-order valence-corrected chi connectivity index (χ3v) is 3.84. The monoisotopic (exact) mass is 303 g/mol. The molecule has 4 nitrogen and oxygen atoms in total. The highest BCUT2D eigenvalue weighted by Crippen LogP contribution is 2.27. The van der Waals surface area contributed by atoms with Gasteiger partial charge in [-0.1, -0.05) is 0 Å². The summed E-state index contributed by atoms with van der Waals surface area (Å²) in [6.07, 6.45) is 1.68. The summed E-state index contributed by atoms with van der Waals surface area (Å²) in [5, 5.41) is 3.38. The molecule has 19 heavy (non-hydrogen) atoms. The predicted molar refractivity (Wildman–Crippen MR) is 79.2 cm³/mol. The lowest BCUT2D eigenvalue weighted by atomic mass is 10.0. The predicted octanol–water partition coefficient (Wildman–Crippen LogP) is 1.53. The maximum Gasteiger partial charge on any atom is 0.255 e. The molecule has 2 fully saturated rings. The van der Waals surface area contributed by atoms with Crippen LogP contribution >= 0.6 is 24.8 Å². The normalized spacial score (nSPS) is 24.4. The summed E-state index contributed by atoms with van der Waals surface area (Å²) in [6, 6.07) is 3.77. The molecule has 6 heteroatoms. The number of aryl methyl sites for hydroxylation is 1. The van der Waals surface area contributed by atoms with Gasteiger partial charge in [0, 0.05) is 38.1 Å². The van der Waals surface area contributed by atoms with Crippen LogP contribution in [0.15, 0.2) is 18.3 Å². The van der Waals surface area contributed by atoms with Crippen molar-refractivity contribution in [3.05, 3.63) is 29.6 Å². The van der Waals surface area contributed by atoms with Crippen molar-refractivity contribution in [2.45, 2.75) is 6.92 Å². The minimum atomic E-state index is 0. The number of nitrogens with zero attached hydrogens (tertiary/aromatic N) is 2. The number of nitrogens with one attached hydrogen (secondary N) is 1. The van der Waals surface area contributed by atoms with E-state index >= 15 is 0 Å². The van der Waals surface area contributed by atoms with Crippen molar-refractivity contribution in [2.24, 2.45) is 11.8 Å². The molecular weight excluding hydrogens is 285 g/mol. The number of halogens is 2. The number of rotatable bonds is 1. The molecule has 0 spiro atoms. The second-order valence-corrected chi connectivity index (χ2v) is 5.08.